The average Bonchev–Trinajstić information content (AvgIpc) is 2.50. The van der Waals surface area contributed by atoms with Crippen molar-refractivity contribution in [3.63, 3.8) is 0 Å². The van der Waals surface area contributed by atoms with Gasteiger partial charge >= 0.3 is 0 Å². The van der Waals surface area contributed by atoms with Gasteiger partial charge < -0.3 is 11.1 Å². The molecule has 1 heterocycles. The van der Waals surface area contributed by atoms with Gasteiger partial charge in [0.15, 0.2) is 0 Å². The standard InChI is InChI=1S/C17H16N4/c1-12-19-16(13-5-3-2-4-6-13)11-17(20-12)21-15-9-7-14(18)8-10-15/h2-11H,18H2,1H3,(H,19,20,21). The third kappa shape index (κ3) is 3.17. The Kier molecular flexibility index (Phi) is 3.51. The van der Waals surface area contributed by atoms with Crippen LogP contribution in [0.1, 0.15) is 5.82 Å². The van der Waals surface area contributed by atoms with Crippen LogP contribution in [0, 0.1) is 6.92 Å². The number of nitrogens with one attached hydrogen (secondary N) is 1. The summed E-state index contributed by atoms with van der Waals surface area (Å²) in [5, 5.41) is 3.28. The number of nitrogens with two attached hydrogens (primary N) is 1. The molecule has 0 bridgehead atoms. The third-order valence-corrected chi connectivity index (χ3v) is 3.09. The number of benzene rings is 2. The Hall–Kier alpha value is -2.88. The third-order valence-electron chi connectivity index (χ3n) is 3.09. The van der Waals surface area contributed by atoms with Gasteiger partial charge in [0, 0.05) is 23.0 Å². The van der Waals surface area contributed by atoms with Crippen molar-refractivity contribution >= 4 is 17.2 Å². The second kappa shape index (κ2) is 5.63. The first-order valence-electron chi connectivity index (χ1n) is 6.74. The molecular weight excluding hydrogens is 260 g/mol. The summed E-state index contributed by atoms with van der Waals surface area (Å²) in [6.07, 6.45) is 0. The zero-order valence-electron chi connectivity index (χ0n) is 11.7. The van der Waals surface area contributed by atoms with Crippen LogP contribution in [-0.2, 0) is 0 Å². The van der Waals surface area contributed by atoms with Crippen LogP contribution in [0.25, 0.3) is 11.3 Å². The van der Waals surface area contributed by atoms with E-state index in [1.807, 2.05) is 67.6 Å². The summed E-state index contributed by atoms with van der Waals surface area (Å²) in [5.74, 6) is 1.50. The summed E-state index contributed by atoms with van der Waals surface area (Å²) >= 11 is 0. The van der Waals surface area contributed by atoms with Gasteiger partial charge in [0.25, 0.3) is 0 Å². The van der Waals surface area contributed by atoms with E-state index in [9.17, 15) is 0 Å². The van der Waals surface area contributed by atoms with E-state index in [2.05, 4.69) is 15.3 Å². The van der Waals surface area contributed by atoms with Crippen molar-refractivity contribution in [3.8, 4) is 11.3 Å². The predicted octanol–water partition coefficient (Wildman–Crippen LogP) is 3.78. The van der Waals surface area contributed by atoms with E-state index in [-0.39, 0.29) is 0 Å². The van der Waals surface area contributed by atoms with Crippen molar-refractivity contribution in [2.24, 2.45) is 0 Å². The molecule has 104 valence electrons. The van der Waals surface area contributed by atoms with E-state index in [0.29, 0.717) is 0 Å². The minimum atomic E-state index is 0.731. The highest BCUT2D eigenvalue weighted by Crippen LogP contribution is 2.22. The number of nitrogen functional groups attached to an aromatic ring is 1. The zero-order chi connectivity index (χ0) is 14.7. The molecular formula is C17H16N4. The zero-order valence-corrected chi connectivity index (χ0v) is 11.7. The van der Waals surface area contributed by atoms with E-state index in [1.165, 1.54) is 0 Å². The molecule has 4 nitrogen and oxygen atoms in total. The second-order valence-corrected chi connectivity index (χ2v) is 4.80. The Labute approximate surface area is 123 Å². The van der Waals surface area contributed by atoms with E-state index in [4.69, 9.17) is 5.73 Å². The molecule has 0 spiro atoms. The topological polar surface area (TPSA) is 63.8 Å². The molecule has 0 saturated heterocycles. The van der Waals surface area contributed by atoms with E-state index in [0.717, 1.165) is 34.3 Å². The Morgan fingerprint density at radius 3 is 2.33 bits per heavy atom. The molecule has 21 heavy (non-hydrogen) atoms. The largest absolute Gasteiger partial charge is 0.399 e. The summed E-state index contributed by atoms with van der Waals surface area (Å²) in [4.78, 5) is 8.91. The van der Waals surface area contributed by atoms with Crippen molar-refractivity contribution in [1.29, 1.82) is 0 Å². The molecule has 0 amide bonds. The number of aryl methyl sites for hydroxylation is 1. The molecule has 0 aliphatic carbocycles. The van der Waals surface area contributed by atoms with Crippen LogP contribution in [0.5, 0.6) is 0 Å². The molecule has 0 aliphatic rings. The van der Waals surface area contributed by atoms with E-state index < -0.39 is 0 Å². The number of hydrogen-bond donors (Lipinski definition) is 2. The number of anilines is 3. The Morgan fingerprint density at radius 1 is 0.905 bits per heavy atom. The summed E-state index contributed by atoms with van der Waals surface area (Å²) in [6.45, 7) is 1.89. The molecule has 0 radical (unpaired) electrons. The second-order valence-electron chi connectivity index (χ2n) is 4.80. The van der Waals surface area contributed by atoms with Crippen molar-refractivity contribution < 1.29 is 0 Å². The lowest BCUT2D eigenvalue weighted by Crippen LogP contribution is -1.99. The van der Waals surface area contributed by atoms with Crippen molar-refractivity contribution in [3.05, 3.63) is 66.5 Å². The molecule has 4 heteroatoms. The lowest BCUT2D eigenvalue weighted by Gasteiger charge is -2.09. The number of rotatable bonds is 3. The maximum Gasteiger partial charge on any atom is 0.134 e. The van der Waals surface area contributed by atoms with Crippen molar-refractivity contribution in [2.45, 2.75) is 6.92 Å². The van der Waals surface area contributed by atoms with Crippen LogP contribution in [-0.4, -0.2) is 9.97 Å². The minimum Gasteiger partial charge on any atom is -0.399 e. The van der Waals surface area contributed by atoms with Crippen LogP contribution in [0.4, 0.5) is 17.2 Å². The SMILES string of the molecule is Cc1nc(Nc2ccc(N)cc2)cc(-c2ccccc2)n1. The van der Waals surface area contributed by atoms with Gasteiger partial charge in [-0.3, -0.25) is 0 Å². The van der Waals surface area contributed by atoms with Crippen LogP contribution in [0.3, 0.4) is 0 Å². The number of nitrogens with zero attached hydrogens (tertiary/aromatic N) is 2. The van der Waals surface area contributed by atoms with Crippen molar-refractivity contribution in [1.82, 2.24) is 9.97 Å². The fraction of sp³-hybridized carbons (Fsp3) is 0.0588. The molecule has 0 fully saturated rings. The van der Waals surface area contributed by atoms with Gasteiger partial charge in [-0.1, -0.05) is 30.3 Å². The molecule has 3 aromatic rings. The first-order valence-corrected chi connectivity index (χ1v) is 6.74. The smallest absolute Gasteiger partial charge is 0.134 e. The molecule has 3 N–H and O–H groups in total. The molecule has 1 aromatic heterocycles. The Balaban J connectivity index is 1.93. The normalized spacial score (nSPS) is 10.3. The van der Waals surface area contributed by atoms with Crippen LogP contribution in [0.15, 0.2) is 60.7 Å². The maximum atomic E-state index is 5.69. The molecule has 3 rings (SSSR count). The highest BCUT2D eigenvalue weighted by atomic mass is 15.0. The summed E-state index contributed by atoms with van der Waals surface area (Å²) < 4.78 is 0. The van der Waals surface area contributed by atoms with Gasteiger partial charge in [-0.2, -0.15) is 0 Å². The predicted molar refractivity (Wildman–Crippen MR) is 86.3 cm³/mol. The van der Waals surface area contributed by atoms with Crippen molar-refractivity contribution in [2.75, 3.05) is 11.1 Å². The van der Waals surface area contributed by atoms with Gasteiger partial charge in [-0.15, -0.1) is 0 Å². The van der Waals surface area contributed by atoms with Gasteiger partial charge in [0.1, 0.15) is 11.6 Å². The summed E-state index contributed by atoms with van der Waals surface area (Å²) in [7, 11) is 0. The number of hydrogen-bond acceptors (Lipinski definition) is 4. The fourth-order valence-electron chi connectivity index (χ4n) is 2.10. The van der Waals surface area contributed by atoms with Gasteiger partial charge in [0.05, 0.1) is 5.69 Å². The highest BCUT2D eigenvalue weighted by molar-refractivity contribution is 5.66. The quantitative estimate of drug-likeness (QED) is 0.715. The van der Waals surface area contributed by atoms with Gasteiger partial charge in [-0.05, 0) is 31.2 Å². The lowest BCUT2D eigenvalue weighted by molar-refractivity contribution is 1.06. The van der Waals surface area contributed by atoms with Gasteiger partial charge in [-0.25, -0.2) is 9.97 Å². The van der Waals surface area contributed by atoms with E-state index >= 15 is 0 Å². The molecule has 0 saturated carbocycles. The summed E-state index contributed by atoms with van der Waals surface area (Å²) in [6, 6.07) is 19.6. The lowest BCUT2D eigenvalue weighted by atomic mass is 10.1. The Bertz CT molecular complexity index is 736. The minimum absolute atomic E-state index is 0.731. The van der Waals surface area contributed by atoms with E-state index in [1.54, 1.807) is 0 Å². The van der Waals surface area contributed by atoms with Crippen LogP contribution < -0.4 is 11.1 Å². The molecule has 0 unspecified atom stereocenters. The Morgan fingerprint density at radius 2 is 1.62 bits per heavy atom. The first-order chi connectivity index (χ1) is 10.2. The highest BCUT2D eigenvalue weighted by Gasteiger charge is 2.04. The monoisotopic (exact) mass is 276 g/mol. The average molecular weight is 276 g/mol. The molecule has 0 aliphatic heterocycles. The summed E-state index contributed by atoms with van der Waals surface area (Å²) in [5.41, 5.74) is 9.35. The maximum absolute atomic E-state index is 5.69. The van der Waals surface area contributed by atoms with Gasteiger partial charge in [0.2, 0.25) is 0 Å². The van der Waals surface area contributed by atoms with Crippen LogP contribution >= 0.6 is 0 Å². The number of aromatic nitrogens is 2. The first kappa shape index (κ1) is 13.1. The van der Waals surface area contributed by atoms with Crippen LogP contribution in [0.2, 0.25) is 0 Å². The molecule has 0 atom stereocenters. The molecule has 2 aromatic carbocycles. The fourth-order valence-corrected chi connectivity index (χ4v) is 2.10.